The molecule has 0 fully saturated rings. The van der Waals surface area contributed by atoms with Gasteiger partial charge in [-0.25, -0.2) is 9.18 Å². The van der Waals surface area contributed by atoms with E-state index in [0.717, 1.165) is 12.1 Å². The van der Waals surface area contributed by atoms with Gasteiger partial charge in [0, 0.05) is 0 Å². The van der Waals surface area contributed by atoms with E-state index in [2.05, 4.69) is 22.0 Å². The van der Waals surface area contributed by atoms with Crippen molar-refractivity contribution in [1.29, 1.82) is 0 Å². The number of rotatable bonds is 13. The van der Waals surface area contributed by atoms with Crippen molar-refractivity contribution in [2.24, 2.45) is 0 Å². The Kier molecular flexibility index (Phi) is 11.8. The fraction of sp³-hybridized carbons (Fsp3) is 0.370. The topological polar surface area (TPSA) is 143 Å². The van der Waals surface area contributed by atoms with Crippen LogP contribution in [0, 0.1) is 5.82 Å². The molecule has 2 aromatic carbocycles. The number of halogens is 1. The van der Waals surface area contributed by atoms with E-state index in [-0.39, 0.29) is 13.0 Å². The Balaban J connectivity index is 2.34. The van der Waals surface area contributed by atoms with Gasteiger partial charge in [-0.3, -0.25) is 15.0 Å². The van der Waals surface area contributed by atoms with E-state index in [9.17, 15) is 27.2 Å². The van der Waals surface area contributed by atoms with Crippen LogP contribution in [0.2, 0.25) is 0 Å². The van der Waals surface area contributed by atoms with Crippen molar-refractivity contribution in [3.63, 3.8) is 0 Å². The van der Waals surface area contributed by atoms with Crippen molar-refractivity contribution in [3.8, 4) is 0 Å². The van der Waals surface area contributed by atoms with Crippen LogP contribution in [0.3, 0.4) is 0 Å². The van der Waals surface area contributed by atoms with E-state index in [1.54, 1.807) is 51.1 Å². The molecule has 0 aromatic heterocycles. The molecule has 0 bridgehead atoms. The van der Waals surface area contributed by atoms with E-state index in [4.69, 9.17) is 9.47 Å². The minimum absolute atomic E-state index is 0.0412. The normalized spacial score (nSPS) is 13.2. The third kappa shape index (κ3) is 11.1. The number of ether oxygens (including phenoxy) is 2. The second kappa shape index (κ2) is 14.5. The van der Waals surface area contributed by atoms with Crippen LogP contribution in [-0.2, 0) is 42.2 Å². The van der Waals surface area contributed by atoms with Crippen molar-refractivity contribution < 1.29 is 36.7 Å². The first-order valence-corrected chi connectivity index (χ1v) is 13.8. The number of esters is 1. The Morgan fingerprint density at radius 3 is 2.25 bits per heavy atom. The fourth-order valence-electron chi connectivity index (χ4n) is 3.22. The minimum atomic E-state index is -4.62. The molecule has 0 aliphatic heterocycles. The summed E-state index contributed by atoms with van der Waals surface area (Å²) in [4.78, 5) is 37.7. The Morgan fingerprint density at radius 2 is 1.68 bits per heavy atom. The maximum Gasteiger partial charge on any atom is 0.408 e. The van der Waals surface area contributed by atoms with Crippen LogP contribution in [-0.4, -0.2) is 55.1 Å². The smallest absolute Gasteiger partial charge is 0.408 e. The molecule has 0 aliphatic carbocycles. The number of hydrogen-bond acceptors (Lipinski definition) is 7. The zero-order valence-corrected chi connectivity index (χ0v) is 23.7. The summed E-state index contributed by atoms with van der Waals surface area (Å²) in [5.74, 6) is -2.27. The van der Waals surface area contributed by atoms with Crippen LogP contribution >= 0.6 is 0 Å². The largest absolute Gasteiger partial charge is 0.459 e. The number of benzene rings is 2. The van der Waals surface area contributed by atoms with Crippen molar-refractivity contribution in [2.75, 3.05) is 6.61 Å². The predicted molar refractivity (Wildman–Crippen MR) is 146 cm³/mol. The van der Waals surface area contributed by atoms with E-state index >= 15 is 0 Å². The standard InChI is InChI=1S/C27H35FN4O7S/c1-6-16-38-26(35)29-19(2)24(33)30-32(18-21-12-14-22(28)15-13-21)40(36,37)31-23(25(34)39-27(3,4)5)17-20-10-8-7-9-11-20/h6-15,19,23,31H,1,16-18H2,2-5H3,(H,29,35)(H,30,33)/t19-,23+/m0/s1. The van der Waals surface area contributed by atoms with E-state index in [1.165, 1.54) is 25.1 Å². The lowest BCUT2D eigenvalue weighted by atomic mass is 10.1. The van der Waals surface area contributed by atoms with Crippen molar-refractivity contribution in [1.82, 2.24) is 19.9 Å². The molecule has 0 radical (unpaired) electrons. The highest BCUT2D eigenvalue weighted by atomic mass is 32.2. The summed E-state index contributed by atoms with van der Waals surface area (Å²) < 4.78 is 53.8. The van der Waals surface area contributed by atoms with E-state index in [1.807, 2.05) is 0 Å². The average molecular weight is 579 g/mol. The summed E-state index contributed by atoms with van der Waals surface area (Å²) in [5.41, 5.74) is 2.33. The molecular weight excluding hydrogens is 543 g/mol. The highest BCUT2D eigenvalue weighted by Crippen LogP contribution is 2.14. The van der Waals surface area contributed by atoms with Crippen LogP contribution in [0.1, 0.15) is 38.8 Å². The summed E-state index contributed by atoms with van der Waals surface area (Å²) in [6.07, 6.45) is 0.380. The Labute approximate surface area is 233 Å². The number of nitrogens with one attached hydrogen (secondary N) is 3. The maximum absolute atomic E-state index is 13.6. The van der Waals surface area contributed by atoms with Crippen LogP contribution in [0.5, 0.6) is 0 Å². The summed E-state index contributed by atoms with van der Waals surface area (Å²) in [7, 11) is -4.62. The molecular formula is C27H35FN4O7S. The third-order valence-corrected chi connectivity index (χ3v) is 6.47. The Bertz CT molecular complexity index is 1270. The van der Waals surface area contributed by atoms with Crippen LogP contribution in [0.4, 0.5) is 9.18 Å². The monoisotopic (exact) mass is 578 g/mol. The molecule has 13 heteroatoms. The molecule has 0 spiro atoms. The number of nitrogens with zero attached hydrogens (tertiary/aromatic N) is 1. The SMILES string of the molecule is C=CCOC(=O)N[C@@H](C)C(=O)NN(Cc1ccc(F)cc1)S(=O)(=O)N[C@H](Cc1ccccc1)C(=O)OC(C)(C)C. The Morgan fingerprint density at radius 1 is 1.05 bits per heavy atom. The fourth-order valence-corrected chi connectivity index (χ4v) is 4.41. The van der Waals surface area contributed by atoms with Gasteiger partial charge < -0.3 is 14.8 Å². The second-order valence-corrected chi connectivity index (χ2v) is 11.4. The molecule has 0 heterocycles. The molecule has 0 aliphatic rings. The van der Waals surface area contributed by atoms with Crippen LogP contribution in [0.15, 0.2) is 67.3 Å². The van der Waals surface area contributed by atoms with Gasteiger partial charge in [-0.2, -0.15) is 13.1 Å². The van der Waals surface area contributed by atoms with Gasteiger partial charge in [-0.15, -0.1) is 0 Å². The van der Waals surface area contributed by atoms with Gasteiger partial charge in [0.1, 0.15) is 30.1 Å². The molecule has 40 heavy (non-hydrogen) atoms. The van der Waals surface area contributed by atoms with Gasteiger partial charge >= 0.3 is 12.1 Å². The lowest BCUT2D eigenvalue weighted by Gasteiger charge is -2.28. The number of hydrazine groups is 1. The molecule has 2 atom stereocenters. The summed E-state index contributed by atoms with van der Waals surface area (Å²) in [6, 6.07) is 11.1. The highest BCUT2D eigenvalue weighted by Gasteiger charge is 2.34. The molecule has 2 aromatic rings. The van der Waals surface area contributed by atoms with Crippen molar-refractivity contribution >= 4 is 28.2 Å². The first-order chi connectivity index (χ1) is 18.7. The van der Waals surface area contributed by atoms with E-state index < -0.39 is 58.2 Å². The number of amides is 2. The number of carbonyl (C=O) groups excluding carboxylic acids is 3. The molecule has 0 saturated heterocycles. The first kappa shape index (κ1) is 32.4. The van der Waals surface area contributed by atoms with E-state index in [0.29, 0.717) is 15.5 Å². The van der Waals surface area contributed by atoms with Gasteiger partial charge in [0.25, 0.3) is 16.1 Å². The van der Waals surface area contributed by atoms with Crippen LogP contribution in [0.25, 0.3) is 0 Å². The molecule has 11 nitrogen and oxygen atoms in total. The predicted octanol–water partition coefficient (Wildman–Crippen LogP) is 2.75. The van der Waals surface area contributed by atoms with Crippen molar-refractivity contribution in [2.45, 2.75) is 58.3 Å². The molecule has 2 rings (SSSR count). The summed E-state index contributed by atoms with van der Waals surface area (Å²) >= 11 is 0. The molecule has 0 unspecified atom stereocenters. The highest BCUT2D eigenvalue weighted by molar-refractivity contribution is 7.87. The molecule has 0 saturated carbocycles. The van der Waals surface area contributed by atoms with Gasteiger partial charge in [0.2, 0.25) is 0 Å². The zero-order chi connectivity index (χ0) is 29.9. The second-order valence-electron chi connectivity index (χ2n) is 9.76. The molecule has 3 N–H and O–H groups in total. The average Bonchev–Trinajstić information content (AvgIpc) is 2.87. The first-order valence-electron chi connectivity index (χ1n) is 12.4. The Hall–Kier alpha value is -3.81. The number of carbonyl (C=O) groups is 3. The lowest BCUT2D eigenvalue weighted by Crippen LogP contribution is -2.58. The van der Waals surface area contributed by atoms with Gasteiger partial charge in [0.15, 0.2) is 0 Å². The molecule has 2 amide bonds. The third-order valence-electron chi connectivity index (χ3n) is 5.09. The molecule has 218 valence electrons. The number of hydrogen-bond donors (Lipinski definition) is 3. The van der Waals surface area contributed by atoms with Gasteiger partial charge in [-0.05, 0) is 57.4 Å². The van der Waals surface area contributed by atoms with Crippen LogP contribution < -0.4 is 15.5 Å². The van der Waals surface area contributed by atoms with Gasteiger partial charge in [-0.1, -0.05) is 59.5 Å². The zero-order valence-electron chi connectivity index (χ0n) is 22.8. The number of alkyl carbamates (subject to hydrolysis) is 1. The maximum atomic E-state index is 13.6. The quantitative estimate of drug-likeness (QED) is 0.188. The lowest BCUT2D eigenvalue weighted by molar-refractivity contribution is -0.156. The van der Waals surface area contributed by atoms with Crippen molar-refractivity contribution in [3.05, 3.63) is 84.2 Å². The minimum Gasteiger partial charge on any atom is -0.459 e. The van der Waals surface area contributed by atoms with Gasteiger partial charge in [0.05, 0.1) is 6.54 Å². The summed E-state index contributed by atoms with van der Waals surface area (Å²) in [5, 5.41) is 2.27. The summed E-state index contributed by atoms with van der Waals surface area (Å²) in [6.45, 7) is 9.16.